The van der Waals surface area contributed by atoms with Crippen LogP contribution in [0.4, 0.5) is 5.69 Å². The number of halogens is 1. The van der Waals surface area contributed by atoms with E-state index in [9.17, 15) is 4.79 Å². The number of anilines is 1. The summed E-state index contributed by atoms with van der Waals surface area (Å²) >= 11 is 6.29. The Morgan fingerprint density at radius 1 is 1.32 bits per heavy atom. The first-order valence-electron chi connectivity index (χ1n) is 8.99. The van der Waals surface area contributed by atoms with Gasteiger partial charge in [0.15, 0.2) is 11.4 Å². The number of hydrogen-bond acceptors (Lipinski definition) is 3. The van der Waals surface area contributed by atoms with Gasteiger partial charge in [0.25, 0.3) is 5.91 Å². The summed E-state index contributed by atoms with van der Waals surface area (Å²) in [5, 5.41) is 5.10. The topological polar surface area (TPSA) is 47.4 Å². The van der Waals surface area contributed by atoms with Crippen LogP contribution in [0.15, 0.2) is 30.5 Å². The maximum atomic E-state index is 13.1. The third-order valence-corrected chi connectivity index (χ3v) is 5.43. The van der Waals surface area contributed by atoms with Crippen LogP contribution < -0.4 is 9.64 Å². The smallest absolute Gasteiger partial charge is 0.279 e. The van der Waals surface area contributed by atoms with Gasteiger partial charge in [-0.05, 0) is 37.5 Å². The minimum atomic E-state index is -0.0954. The number of hydrogen-bond donors (Lipinski definition) is 0. The molecule has 0 N–H and O–H groups in total. The highest BCUT2D eigenvalue weighted by atomic mass is 35.5. The molecule has 1 amide bonds. The Morgan fingerprint density at radius 3 is 2.88 bits per heavy atom. The van der Waals surface area contributed by atoms with Gasteiger partial charge in [0.2, 0.25) is 0 Å². The van der Waals surface area contributed by atoms with Gasteiger partial charge in [-0.2, -0.15) is 5.10 Å². The lowest BCUT2D eigenvalue weighted by molar-refractivity contribution is 0.0948. The summed E-state index contributed by atoms with van der Waals surface area (Å²) in [6.07, 6.45) is 7.44. The summed E-state index contributed by atoms with van der Waals surface area (Å²) in [6, 6.07) is 7.75. The molecule has 1 aromatic heterocycles. The van der Waals surface area contributed by atoms with Gasteiger partial charge in [-0.15, -0.1) is 0 Å². The van der Waals surface area contributed by atoms with E-state index in [1.54, 1.807) is 11.0 Å². The highest BCUT2D eigenvalue weighted by Gasteiger charge is 2.32. The van der Waals surface area contributed by atoms with Gasteiger partial charge in [0.1, 0.15) is 6.10 Å². The molecular weight excluding hydrogens is 338 g/mol. The monoisotopic (exact) mass is 359 g/mol. The summed E-state index contributed by atoms with van der Waals surface area (Å²) in [5.74, 6) is 0.493. The largest absolute Gasteiger partial charge is 0.485 e. The molecule has 1 saturated carbocycles. The lowest BCUT2D eigenvalue weighted by Crippen LogP contribution is -2.43. The molecule has 1 aliphatic heterocycles. The van der Waals surface area contributed by atoms with Crippen LogP contribution in [0.2, 0.25) is 5.02 Å². The number of nitrogens with zero attached hydrogens (tertiary/aromatic N) is 3. The van der Waals surface area contributed by atoms with Crippen molar-refractivity contribution in [3.63, 3.8) is 0 Å². The van der Waals surface area contributed by atoms with Gasteiger partial charge < -0.3 is 4.74 Å². The summed E-state index contributed by atoms with van der Waals surface area (Å²) in [6.45, 7) is 2.56. The van der Waals surface area contributed by atoms with Crippen molar-refractivity contribution in [3.05, 3.63) is 41.2 Å². The first kappa shape index (κ1) is 16.5. The Balaban J connectivity index is 1.64. The molecule has 0 bridgehead atoms. The summed E-state index contributed by atoms with van der Waals surface area (Å²) < 4.78 is 7.92. The number of carbonyl (C=O) groups excluding carboxylic acids is 1. The third kappa shape index (κ3) is 3.01. The summed E-state index contributed by atoms with van der Waals surface area (Å²) in [4.78, 5) is 14.9. The molecule has 6 heteroatoms. The fourth-order valence-electron chi connectivity index (χ4n) is 3.70. The fourth-order valence-corrected chi connectivity index (χ4v) is 3.91. The Bertz CT molecular complexity index is 783. The van der Waals surface area contributed by atoms with E-state index in [4.69, 9.17) is 16.3 Å². The zero-order chi connectivity index (χ0) is 17.4. The van der Waals surface area contributed by atoms with Crippen molar-refractivity contribution in [1.82, 2.24) is 9.78 Å². The molecule has 0 spiro atoms. The lowest BCUT2D eigenvalue weighted by atomic mass is 10.1. The van der Waals surface area contributed by atoms with Gasteiger partial charge >= 0.3 is 0 Å². The number of carbonyl (C=O) groups is 1. The second-order valence-corrected chi connectivity index (χ2v) is 7.18. The molecule has 4 rings (SSSR count). The highest BCUT2D eigenvalue weighted by Crippen LogP contribution is 2.40. The maximum Gasteiger partial charge on any atom is 0.279 e. The van der Waals surface area contributed by atoms with Crippen LogP contribution in [0.1, 0.15) is 55.6 Å². The molecule has 1 aliphatic carbocycles. The van der Waals surface area contributed by atoms with Crippen LogP contribution in [0.5, 0.6) is 5.75 Å². The molecule has 0 saturated heterocycles. The number of rotatable bonds is 3. The molecule has 1 fully saturated rings. The second-order valence-electron chi connectivity index (χ2n) is 6.77. The molecule has 0 radical (unpaired) electrons. The van der Waals surface area contributed by atoms with Gasteiger partial charge in [0, 0.05) is 6.20 Å². The van der Waals surface area contributed by atoms with Crippen LogP contribution in [0.3, 0.4) is 0 Å². The van der Waals surface area contributed by atoms with E-state index in [0.717, 1.165) is 24.9 Å². The molecule has 132 valence electrons. The second kappa shape index (κ2) is 6.71. The number of aromatic nitrogens is 2. The van der Waals surface area contributed by atoms with Crippen molar-refractivity contribution >= 4 is 23.2 Å². The third-order valence-electron chi connectivity index (χ3n) is 5.13. The van der Waals surface area contributed by atoms with Crippen molar-refractivity contribution < 1.29 is 9.53 Å². The normalized spacial score (nSPS) is 20.4. The SMILES string of the molecule is CC[C@H]1CN(C(=O)c2ccn(C3CCCC3)n2)c2cccc(Cl)c2O1. The van der Waals surface area contributed by atoms with Gasteiger partial charge in [-0.1, -0.05) is 37.4 Å². The summed E-state index contributed by atoms with van der Waals surface area (Å²) in [7, 11) is 0. The Labute approximate surface area is 152 Å². The number of para-hydroxylation sites is 1. The van der Waals surface area contributed by atoms with Crippen LogP contribution >= 0.6 is 11.6 Å². The van der Waals surface area contributed by atoms with Crippen molar-refractivity contribution in [2.75, 3.05) is 11.4 Å². The van der Waals surface area contributed by atoms with E-state index in [1.165, 1.54) is 12.8 Å². The van der Waals surface area contributed by atoms with Crippen LogP contribution in [-0.4, -0.2) is 28.3 Å². The van der Waals surface area contributed by atoms with Crippen LogP contribution in [0.25, 0.3) is 0 Å². The number of benzene rings is 1. The van der Waals surface area contributed by atoms with E-state index in [1.807, 2.05) is 36.0 Å². The van der Waals surface area contributed by atoms with Crippen molar-refractivity contribution in [2.45, 2.75) is 51.2 Å². The maximum absolute atomic E-state index is 13.1. The fraction of sp³-hybridized carbons (Fsp3) is 0.474. The van der Waals surface area contributed by atoms with E-state index in [-0.39, 0.29) is 12.0 Å². The predicted molar refractivity (Wildman–Crippen MR) is 97.6 cm³/mol. The molecule has 0 unspecified atom stereocenters. The molecule has 1 aromatic carbocycles. The average Bonchev–Trinajstić information content (AvgIpc) is 3.32. The number of fused-ring (bicyclic) bond motifs is 1. The quantitative estimate of drug-likeness (QED) is 0.812. The number of amides is 1. The lowest BCUT2D eigenvalue weighted by Gasteiger charge is -2.34. The summed E-state index contributed by atoms with van der Waals surface area (Å²) in [5.41, 5.74) is 1.20. The van der Waals surface area contributed by atoms with Crippen LogP contribution in [-0.2, 0) is 0 Å². The molecule has 2 heterocycles. The van der Waals surface area contributed by atoms with Crippen molar-refractivity contribution in [1.29, 1.82) is 0 Å². The molecular formula is C19H22ClN3O2. The van der Waals surface area contributed by atoms with Crippen molar-refractivity contribution in [2.24, 2.45) is 0 Å². The highest BCUT2D eigenvalue weighted by molar-refractivity contribution is 6.32. The number of ether oxygens (including phenoxy) is 1. The molecule has 2 aromatic rings. The molecule has 5 nitrogen and oxygen atoms in total. The van der Waals surface area contributed by atoms with Gasteiger partial charge in [0.05, 0.1) is 23.3 Å². The Morgan fingerprint density at radius 2 is 2.12 bits per heavy atom. The average molecular weight is 360 g/mol. The molecule has 2 aliphatic rings. The first-order chi connectivity index (χ1) is 12.2. The predicted octanol–water partition coefficient (Wildman–Crippen LogP) is 4.47. The molecule has 1 atom stereocenters. The Hall–Kier alpha value is -2.01. The zero-order valence-corrected chi connectivity index (χ0v) is 15.1. The zero-order valence-electron chi connectivity index (χ0n) is 14.3. The Kier molecular flexibility index (Phi) is 4.42. The van der Waals surface area contributed by atoms with Gasteiger partial charge in [-0.3, -0.25) is 14.4 Å². The van der Waals surface area contributed by atoms with E-state index in [0.29, 0.717) is 29.1 Å². The first-order valence-corrected chi connectivity index (χ1v) is 9.37. The van der Waals surface area contributed by atoms with E-state index < -0.39 is 0 Å². The van der Waals surface area contributed by atoms with Crippen LogP contribution in [0, 0.1) is 0 Å². The van der Waals surface area contributed by atoms with Gasteiger partial charge in [-0.25, -0.2) is 0 Å². The van der Waals surface area contributed by atoms with E-state index >= 15 is 0 Å². The standard InChI is InChI=1S/C19H22ClN3O2/c1-2-14-12-22(17-9-5-8-15(20)18(17)25-14)19(24)16-10-11-23(21-16)13-6-3-4-7-13/h5,8-11,13-14H,2-4,6-7,12H2,1H3/t14-/m0/s1. The molecule has 25 heavy (non-hydrogen) atoms. The van der Waals surface area contributed by atoms with E-state index in [2.05, 4.69) is 5.10 Å². The minimum Gasteiger partial charge on any atom is -0.485 e. The minimum absolute atomic E-state index is 0.0618. The van der Waals surface area contributed by atoms with Crippen molar-refractivity contribution in [3.8, 4) is 5.75 Å².